The van der Waals surface area contributed by atoms with Crippen LogP contribution in [0.25, 0.3) is 5.76 Å². The van der Waals surface area contributed by atoms with Gasteiger partial charge in [-0.05, 0) is 19.4 Å². The lowest BCUT2D eigenvalue weighted by atomic mass is 10.1. The van der Waals surface area contributed by atoms with Crippen LogP contribution < -0.4 is 0 Å². The molecule has 0 amide bonds. The number of ether oxygens (including phenoxy) is 3. The van der Waals surface area contributed by atoms with Gasteiger partial charge in [-0.3, -0.25) is 0 Å². The van der Waals surface area contributed by atoms with Gasteiger partial charge in [-0.1, -0.05) is 24.3 Å². The second-order valence-electron chi connectivity index (χ2n) is 3.96. The fourth-order valence-electron chi connectivity index (χ4n) is 1.77. The lowest BCUT2D eigenvalue weighted by molar-refractivity contribution is -0.106. The summed E-state index contributed by atoms with van der Waals surface area (Å²) >= 11 is 0. The van der Waals surface area contributed by atoms with Crippen molar-refractivity contribution >= 4 is 5.76 Å². The number of allylic oxidation sites excluding steroid dienone is 1. The Balaban J connectivity index is 2.99. The summed E-state index contributed by atoms with van der Waals surface area (Å²) in [5.74, 6) is 0.905. The summed E-state index contributed by atoms with van der Waals surface area (Å²) in [5, 5.41) is 0. The minimum absolute atomic E-state index is 0.318. The van der Waals surface area contributed by atoms with Gasteiger partial charge in [0.1, 0.15) is 5.76 Å². The molecular weight excluding hydrogens is 216 g/mol. The Morgan fingerprint density at radius 3 is 1.82 bits per heavy atom. The lowest BCUT2D eigenvalue weighted by Crippen LogP contribution is -2.03. The molecule has 1 rings (SSSR count). The third-order valence-corrected chi connectivity index (χ3v) is 2.53. The molecule has 0 atom stereocenters. The summed E-state index contributed by atoms with van der Waals surface area (Å²) in [5.41, 5.74) is 3.19. The molecule has 0 aliphatic heterocycles. The summed E-state index contributed by atoms with van der Waals surface area (Å²) < 4.78 is 15.8. The van der Waals surface area contributed by atoms with Crippen LogP contribution in [0, 0.1) is 0 Å². The van der Waals surface area contributed by atoms with Gasteiger partial charge >= 0.3 is 0 Å². The standard InChI is InChI=1S/C14H20O3/c1-10(2)13(15-3)11-6-8-12(9-7-11)14(16-4)17-5/h6-9,14H,1-5H3. The van der Waals surface area contributed by atoms with E-state index in [1.165, 1.54) is 0 Å². The fourth-order valence-corrected chi connectivity index (χ4v) is 1.77. The average molecular weight is 236 g/mol. The molecule has 0 aliphatic carbocycles. The van der Waals surface area contributed by atoms with Crippen molar-refractivity contribution in [1.29, 1.82) is 0 Å². The molecule has 3 heteroatoms. The highest BCUT2D eigenvalue weighted by Crippen LogP contribution is 2.23. The third kappa shape index (κ3) is 3.32. The van der Waals surface area contributed by atoms with E-state index in [4.69, 9.17) is 14.2 Å². The molecule has 94 valence electrons. The Hall–Kier alpha value is -1.32. The monoisotopic (exact) mass is 236 g/mol. The van der Waals surface area contributed by atoms with E-state index < -0.39 is 0 Å². The zero-order valence-corrected chi connectivity index (χ0v) is 11.1. The van der Waals surface area contributed by atoms with Crippen molar-refractivity contribution in [2.45, 2.75) is 20.1 Å². The molecule has 0 N–H and O–H groups in total. The predicted octanol–water partition coefficient (Wildman–Crippen LogP) is 3.38. The Bertz CT molecular complexity index is 371. The maximum atomic E-state index is 5.37. The van der Waals surface area contributed by atoms with Gasteiger partial charge in [0.2, 0.25) is 0 Å². The molecule has 1 aromatic rings. The molecule has 0 aromatic heterocycles. The van der Waals surface area contributed by atoms with E-state index >= 15 is 0 Å². The zero-order chi connectivity index (χ0) is 12.8. The zero-order valence-electron chi connectivity index (χ0n) is 11.1. The third-order valence-electron chi connectivity index (χ3n) is 2.53. The van der Waals surface area contributed by atoms with Gasteiger partial charge in [0.25, 0.3) is 0 Å². The number of hydrogen-bond acceptors (Lipinski definition) is 3. The van der Waals surface area contributed by atoms with Gasteiger partial charge in [0.15, 0.2) is 6.29 Å². The molecule has 0 spiro atoms. The van der Waals surface area contributed by atoms with Crippen molar-refractivity contribution in [2.75, 3.05) is 21.3 Å². The smallest absolute Gasteiger partial charge is 0.183 e. The summed E-state index contributed by atoms with van der Waals surface area (Å²) in [6, 6.07) is 7.97. The SMILES string of the molecule is COC(=C(C)C)c1ccc(C(OC)OC)cc1. The van der Waals surface area contributed by atoms with Crippen LogP contribution >= 0.6 is 0 Å². The van der Waals surface area contributed by atoms with Crippen molar-refractivity contribution in [2.24, 2.45) is 0 Å². The molecule has 1 aromatic carbocycles. The Labute approximate surface area is 103 Å². The first-order valence-corrected chi connectivity index (χ1v) is 5.51. The van der Waals surface area contributed by atoms with Crippen LogP contribution in [0.2, 0.25) is 0 Å². The Morgan fingerprint density at radius 2 is 1.47 bits per heavy atom. The number of methoxy groups -OCH3 is 3. The molecule has 0 aliphatic rings. The Kier molecular flexibility index (Phi) is 5.19. The molecule has 0 fully saturated rings. The summed E-state index contributed by atoms with van der Waals surface area (Å²) in [7, 11) is 4.93. The minimum Gasteiger partial charge on any atom is -0.496 e. The molecule has 17 heavy (non-hydrogen) atoms. The quantitative estimate of drug-likeness (QED) is 0.579. The van der Waals surface area contributed by atoms with Crippen molar-refractivity contribution in [3.8, 4) is 0 Å². The van der Waals surface area contributed by atoms with Gasteiger partial charge in [-0.25, -0.2) is 0 Å². The molecule has 0 unspecified atom stereocenters. The topological polar surface area (TPSA) is 27.7 Å². The summed E-state index contributed by atoms with van der Waals surface area (Å²) in [6.45, 7) is 4.06. The van der Waals surface area contributed by atoms with Crippen LogP contribution in [0.15, 0.2) is 29.8 Å². The Morgan fingerprint density at radius 1 is 0.941 bits per heavy atom. The highest BCUT2D eigenvalue weighted by molar-refractivity contribution is 5.62. The minimum atomic E-state index is -0.318. The van der Waals surface area contributed by atoms with E-state index in [1.54, 1.807) is 21.3 Å². The molecule has 0 radical (unpaired) electrons. The van der Waals surface area contributed by atoms with Crippen LogP contribution in [-0.4, -0.2) is 21.3 Å². The molecule has 0 bridgehead atoms. The van der Waals surface area contributed by atoms with E-state index in [1.807, 2.05) is 38.1 Å². The van der Waals surface area contributed by atoms with Gasteiger partial charge in [0.05, 0.1) is 7.11 Å². The molecule has 0 saturated carbocycles. The first-order valence-electron chi connectivity index (χ1n) is 5.51. The highest BCUT2D eigenvalue weighted by Gasteiger charge is 2.09. The highest BCUT2D eigenvalue weighted by atomic mass is 16.7. The average Bonchev–Trinajstić information content (AvgIpc) is 2.33. The van der Waals surface area contributed by atoms with Crippen LogP contribution in [-0.2, 0) is 14.2 Å². The van der Waals surface area contributed by atoms with E-state index in [9.17, 15) is 0 Å². The number of hydrogen-bond donors (Lipinski definition) is 0. The van der Waals surface area contributed by atoms with Crippen LogP contribution in [0.3, 0.4) is 0 Å². The first kappa shape index (κ1) is 13.7. The molecule has 0 heterocycles. The number of rotatable bonds is 5. The van der Waals surface area contributed by atoms with Crippen molar-refractivity contribution in [3.05, 3.63) is 41.0 Å². The van der Waals surface area contributed by atoms with Gasteiger partial charge in [0, 0.05) is 25.3 Å². The molecular formula is C14H20O3. The second kappa shape index (κ2) is 6.42. The van der Waals surface area contributed by atoms with E-state index in [2.05, 4.69) is 0 Å². The van der Waals surface area contributed by atoms with Gasteiger partial charge in [-0.2, -0.15) is 0 Å². The van der Waals surface area contributed by atoms with Crippen molar-refractivity contribution in [3.63, 3.8) is 0 Å². The summed E-state index contributed by atoms with van der Waals surface area (Å²) in [4.78, 5) is 0. The van der Waals surface area contributed by atoms with Crippen LogP contribution in [0.1, 0.15) is 31.3 Å². The summed E-state index contributed by atoms with van der Waals surface area (Å²) in [6.07, 6.45) is -0.318. The van der Waals surface area contributed by atoms with E-state index in [-0.39, 0.29) is 6.29 Å². The predicted molar refractivity (Wildman–Crippen MR) is 68.5 cm³/mol. The second-order valence-corrected chi connectivity index (χ2v) is 3.96. The van der Waals surface area contributed by atoms with Gasteiger partial charge in [-0.15, -0.1) is 0 Å². The molecule has 3 nitrogen and oxygen atoms in total. The number of benzene rings is 1. The van der Waals surface area contributed by atoms with Crippen molar-refractivity contribution < 1.29 is 14.2 Å². The first-order chi connectivity index (χ1) is 8.13. The maximum absolute atomic E-state index is 5.37. The van der Waals surface area contributed by atoms with Crippen molar-refractivity contribution in [1.82, 2.24) is 0 Å². The van der Waals surface area contributed by atoms with Gasteiger partial charge < -0.3 is 14.2 Å². The maximum Gasteiger partial charge on any atom is 0.183 e. The normalized spacial score (nSPS) is 10.5. The lowest BCUT2D eigenvalue weighted by Gasteiger charge is -2.15. The van der Waals surface area contributed by atoms with E-state index in [0.717, 1.165) is 22.5 Å². The largest absolute Gasteiger partial charge is 0.496 e. The van der Waals surface area contributed by atoms with E-state index in [0.29, 0.717) is 0 Å². The van der Waals surface area contributed by atoms with Crippen LogP contribution in [0.5, 0.6) is 0 Å². The fraction of sp³-hybridized carbons (Fsp3) is 0.429. The molecule has 0 saturated heterocycles. The van der Waals surface area contributed by atoms with Crippen LogP contribution in [0.4, 0.5) is 0 Å².